The first-order chi connectivity index (χ1) is 18.1. The number of carbonyl (C=O) groups excluding carboxylic acids is 1. The summed E-state index contributed by atoms with van der Waals surface area (Å²) in [5, 5.41) is 9.16. The van der Waals surface area contributed by atoms with E-state index in [-0.39, 0.29) is 23.9 Å². The summed E-state index contributed by atoms with van der Waals surface area (Å²) in [4.78, 5) is 24.9. The number of benzene rings is 4. The Labute approximate surface area is 238 Å². The van der Waals surface area contributed by atoms with Crippen molar-refractivity contribution in [2.75, 3.05) is 0 Å². The zero-order valence-electron chi connectivity index (χ0n) is 21.1. The molecule has 0 fully saturated rings. The molecule has 0 aliphatic rings. The molecule has 194 valence electrons. The maximum Gasteiger partial charge on any atom is 0.335 e. The lowest BCUT2D eigenvalue weighted by Gasteiger charge is -2.20. The van der Waals surface area contributed by atoms with Crippen molar-refractivity contribution < 1.29 is 24.2 Å². The molecule has 4 rings (SSSR count). The molecule has 4 aromatic rings. The van der Waals surface area contributed by atoms with Crippen molar-refractivity contribution in [3.63, 3.8) is 0 Å². The molecule has 7 heteroatoms. The minimum atomic E-state index is -0.980. The number of carboxylic acids is 1. The van der Waals surface area contributed by atoms with E-state index < -0.39 is 5.97 Å². The van der Waals surface area contributed by atoms with Crippen molar-refractivity contribution in [1.82, 2.24) is 0 Å². The van der Waals surface area contributed by atoms with Crippen LogP contribution >= 0.6 is 31.9 Å². The number of hydrogen-bond donors (Lipinski definition) is 1. The maximum absolute atomic E-state index is 13.8. The molecule has 0 atom stereocenters. The van der Waals surface area contributed by atoms with Crippen LogP contribution in [-0.4, -0.2) is 16.9 Å². The summed E-state index contributed by atoms with van der Waals surface area (Å²) >= 11 is 7.09. The van der Waals surface area contributed by atoms with Gasteiger partial charge in [-0.15, -0.1) is 0 Å². The predicted octanol–water partition coefficient (Wildman–Crippen LogP) is 8.94. The van der Waals surface area contributed by atoms with E-state index in [0.717, 1.165) is 25.6 Å². The van der Waals surface area contributed by atoms with Gasteiger partial charge >= 0.3 is 5.97 Å². The van der Waals surface area contributed by atoms with Crippen molar-refractivity contribution in [3.05, 3.63) is 121 Å². The van der Waals surface area contributed by atoms with Gasteiger partial charge in [0.05, 0.1) is 20.1 Å². The minimum Gasteiger partial charge on any atom is -0.489 e. The number of para-hydroxylation sites is 1. The fraction of sp³-hybridized carbons (Fsp3) is 0.161. The molecule has 4 aromatic carbocycles. The highest BCUT2D eigenvalue weighted by Gasteiger charge is 2.22. The van der Waals surface area contributed by atoms with Gasteiger partial charge in [-0.05, 0) is 92.7 Å². The Morgan fingerprint density at radius 2 is 1.50 bits per heavy atom. The predicted molar refractivity (Wildman–Crippen MR) is 155 cm³/mol. The van der Waals surface area contributed by atoms with Gasteiger partial charge in [0.2, 0.25) is 0 Å². The number of halogens is 2. The maximum atomic E-state index is 13.8. The van der Waals surface area contributed by atoms with Crippen molar-refractivity contribution in [2.24, 2.45) is 0 Å². The van der Waals surface area contributed by atoms with Gasteiger partial charge in [-0.3, -0.25) is 4.79 Å². The van der Waals surface area contributed by atoms with Gasteiger partial charge in [-0.25, -0.2) is 4.79 Å². The second-order valence-corrected chi connectivity index (χ2v) is 10.9. The fourth-order valence-corrected chi connectivity index (χ4v) is 5.11. The van der Waals surface area contributed by atoms with Gasteiger partial charge in [0.1, 0.15) is 18.1 Å². The van der Waals surface area contributed by atoms with E-state index >= 15 is 0 Å². The first-order valence-electron chi connectivity index (χ1n) is 12.0. The molecule has 0 bridgehead atoms. The van der Waals surface area contributed by atoms with Crippen LogP contribution in [0.2, 0.25) is 0 Å². The third-order valence-corrected chi connectivity index (χ3v) is 7.23. The summed E-state index contributed by atoms with van der Waals surface area (Å²) in [6.07, 6.45) is 0. The monoisotopic (exact) mass is 636 g/mol. The molecular weight excluding hydrogens is 612 g/mol. The van der Waals surface area contributed by atoms with Gasteiger partial charge in [0.15, 0.2) is 11.5 Å². The van der Waals surface area contributed by atoms with Crippen LogP contribution in [0.3, 0.4) is 0 Å². The SMILES string of the molecule is Cc1cccc(C(=O)c2cc(OCc3ccc(C(=O)O)cc3)c(C(C)C)cc2Oc2c(Br)cccc2Br)c1. The molecule has 0 aliphatic carbocycles. The number of aryl methyl sites for hydroxylation is 1. The molecule has 0 aromatic heterocycles. The second-order valence-electron chi connectivity index (χ2n) is 9.18. The van der Waals surface area contributed by atoms with Crippen LogP contribution in [0.5, 0.6) is 17.2 Å². The Morgan fingerprint density at radius 1 is 0.842 bits per heavy atom. The lowest BCUT2D eigenvalue weighted by Crippen LogP contribution is -2.08. The average molecular weight is 638 g/mol. The van der Waals surface area contributed by atoms with Crippen LogP contribution in [0.1, 0.15) is 62.7 Å². The summed E-state index contributed by atoms with van der Waals surface area (Å²) in [5.41, 5.74) is 3.81. The van der Waals surface area contributed by atoms with Crippen molar-refractivity contribution in [3.8, 4) is 17.2 Å². The fourth-order valence-electron chi connectivity index (χ4n) is 3.95. The van der Waals surface area contributed by atoms with Crippen LogP contribution in [0.4, 0.5) is 0 Å². The van der Waals surface area contributed by atoms with Crippen molar-refractivity contribution in [1.29, 1.82) is 0 Å². The number of aromatic carboxylic acids is 1. The molecule has 0 aliphatic heterocycles. The molecular formula is C31H26Br2O5. The van der Waals surface area contributed by atoms with Gasteiger partial charge in [-0.2, -0.15) is 0 Å². The zero-order chi connectivity index (χ0) is 27.4. The third kappa shape index (κ3) is 6.34. The highest BCUT2D eigenvalue weighted by molar-refractivity contribution is 9.11. The Hall–Kier alpha value is -3.42. The third-order valence-electron chi connectivity index (χ3n) is 5.99. The summed E-state index contributed by atoms with van der Waals surface area (Å²) in [6, 6.07) is 23.2. The van der Waals surface area contributed by atoms with E-state index in [0.29, 0.717) is 28.4 Å². The lowest BCUT2D eigenvalue weighted by molar-refractivity contribution is 0.0696. The molecule has 1 N–H and O–H groups in total. The Bertz CT molecular complexity index is 1470. The van der Waals surface area contributed by atoms with Gasteiger partial charge in [0.25, 0.3) is 0 Å². The Balaban J connectivity index is 1.78. The van der Waals surface area contributed by atoms with Crippen molar-refractivity contribution in [2.45, 2.75) is 33.3 Å². The van der Waals surface area contributed by atoms with Crippen LogP contribution in [-0.2, 0) is 6.61 Å². The average Bonchev–Trinajstić information content (AvgIpc) is 2.89. The topological polar surface area (TPSA) is 72.8 Å². The normalized spacial score (nSPS) is 10.9. The largest absolute Gasteiger partial charge is 0.489 e. The van der Waals surface area contributed by atoms with E-state index in [1.165, 1.54) is 0 Å². The zero-order valence-corrected chi connectivity index (χ0v) is 24.3. The molecule has 0 amide bonds. The van der Waals surface area contributed by atoms with E-state index in [2.05, 4.69) is 31.9 Å². The Morgan fingerprint density at radius 3 is 2.11 bits per heavy atom. The first kappa shape index (κ1) is 27.6. The summed E-state index contributed by atoms with van der Waals surface area (Å²) in [5.74, 6) is 0.465. The number of carboxylic acid groups (broad SMARTS) is 1. The van der Waals surface area contributed by atoms with Gasteiger partial charge in [0, 0.05) is 11.1 Å². The summed E-state index contributed by atoms with van der Waals surface area (Å²) in [7, 11) is 0. The molecule has 0 unspecified atom stereocenters. The molecule has 0 radical (unpaired) electrons. The second kappa shape index (κ2) is 12.0. The van der Waals surface area contributed by atoms with Crippen molar-refractivity contribution >= 4 is 43.6 Å². The van der Waals surface area contributed by atoms with Crippen LogP contribution in [0, 0.1) is 6.92 Å². The van der Waals surface area contributed by atoms with Gasteiger partial charge < -0.3 is 14.6 Å². The molecule has 0 saturated heterocycles. The summed E-state index contributed by atoms with van der Waals surface area (Å²) < 4.78 is 14.1. The minimum absolute atomic E-state index is 0.0764. The number of ether oxygens (including phenoxy) is 2. The van der Waals surface area contributed by atoms with Crippen LogP contribution in [0.15, 0.2) is 87.8 Å². The molecule has 5 nitrogen and oxygen atoms in total. The van der Waals surface area contributed by atoms with E-state index in [1.807, 2.05) is 63.2 Å². The van der Waals surface area contributed by atoms with E-state index in [4.69, 9.17) is 14.6 Å². The molecule has 38 heavy (non-hydrogen) atoms. The lowest BCUT2D eigenvalue weighted by atomic mass is 9.95. The van der Waals surface area contributed by atoms with E-state index in [9.17, 15) is 9.59 Å². The highest BCUT2D eigenvalue weighted by Crippen LogP contribution is 2.41. The molecule has 0 heterocycles. The standard InChI is InChI=1S/C31H26Br2O5/c1-18(2)23-15-28(38-30-25(32)8-5-9-26(30)33)24(29(34)22-7-4-6-19(3)14-22)16-27(23)37-17-20-10-12-21(13-11-20)31(35)36/h4-16,18H,17H2,1-3H3,(H,35,36). The number of hydrogen-bond acceptors (Lipinski definition) is 4. The van der Waals surface area contributed by atoms with Crippen LogP contribution < -0.4 is 9.47 Å². The number of rotatable bonds is 9. The number of ketones is 1. The Kier molecular flexibility index (Phi) is 8.69. The quantitative estimate of drug-likeness (QED) is 0.186. The first-order valence-corrected chi connectivity index (χ1v) is 13.6. The highest BCUT2D eigenvalue weighted by atomic mass is 79.9. The molecule has 0 spiro atoms. The summed E-state index contributed by atoms with van der Waals surface area (Å²) in [6.45, 7) is 6.25. The van der Waals surface area contributed by atoms with Crippen LogP contribution in [0.25, 0.3) is 0 Å². The smallest absolute Gasteiger partial charge is 0.335 e. The van der Waals surface area contributed by atoms with E-state index in [1.54, 1.807) is 36.4 Å². The number of carbonyl (C=O) groups is 2. The van der Waals surface area contributed by atoms with Gasteiger partial charge in [-0.1, -0.05) is 55.8 Å². The molecule has 0 saturated carbocycles.